The van der Waals surface area contributed by atoms with E-state index in [2.05, 4.69) is 10.1 Å². The highest BCUT2D eigenvalue weighted by Gasteiger charge is 2.16. The van der Waals surface area contributed by atoms with E-state index in [1.54, 1.807) is 43.3 Å². The first-order valence-electron chi connectivity index (χ1n) is 8.99. The van der Waals surface area contributed by atoms with Gasteiger partial charge in [0.05, 0.1) is 18.8 Å². The number of morpholine rings is 1. The van der Waals surface area contributed by atoms with Crippen molar-refractivity contribution < 1.29 is 19.2 Å². The molecule has 1 aliphatic heterocycles. The fraction of sp³-hybridized carbons (Fsp3) is 0.286. The molecule has 6 heteroatoms. The van der Waals surface area contributed by atoms with Crippen molar-refractivity contribution in [2.45, 2.75) is 13.3 Å². The number of carbonyl (C=O) groups excluding carboxylic acids is 2. The molecule has 2 aromatic rings. The lowest BCUT2D eigenvalue weighted by Crippen LogP contribution is -2.36. The molecular weight excluding hydrogens is 344 g/mol. The van der Waals surface area contributed by atoms with Crippen molar-refractivity contribution in [3.8, 4) is 0 Å². The van der Waals surface area contributed by atoms with Gasteiger partial charge in [0, 0.05) is 24.3 Å². The third kappa shape index (κ3) is 4.80. The Balaban J connectivity index is 1.67. The molecule has 140 valence electrons. The summed E-state index contributed by atoms with van der Waals surface area (Å²) in [7, 11) is 0. The number of anilines is 1. The Morgan fingerprint density at radius 3 is 2.30 bits per heavy atom. The third-order valence-corrected chi connectivity index (χ3v) is 4.35. The highest BCUT2D eigenvalue weighted by atomic mass is 16.7. The average Bonchev–Trinajstić information content (AvgIpc) is 2.75. The minimum Gasteiger partial charge on any atom is -0.378 e. The maximum absolute atomic E-state index is 12.7. The van der Waals surface area contributed by atoms with E-state index in [0.29, 0.717) is 30.8 Å². The normalized spacial score (nSPS) is 14.7. The summed E-state index contributed by atoms with van der Waals surface area (Å²) in [5.74, 6) is -0.830. The number of Topliss-reactive ketones (excluding diaryl/α,β-unsaturated/α-hetero) is 1. The van der Waals surface area contributed by atoms with Gasteiger partial charge in [0.25, 0.3) is 0 Å². The molecule has 0 amide bonds. The molecular formula is C21H22N2O4. The van der Waals surface area contributed by atoms with Gasteiger partial charge in [0.2, 0.25) is 5.78 Å². The Morgan fingerprint density at radius 1 is 1.00 bits per heavy atom. The molecule has 0 unspecified atom stereocenters. The summed E-state index contributed by atoms with van der Waals surface area (Å²) in [6, 6.07) is 15.9. The van der Waals surface area contributed by atoms with Gasteiger partial charge >= 0.3 is 5.97 Å². The summed E-state index contributed by atoms with van der Waals surface area (Å²) < 4.78 is 5.35. The van der Waals surface area contributed by atoms with Gasteiger partial charge in [-0.1, -0.05) is 30.3 Å². The molecule has 0 spiro atoms. The van der Waals surface area contributed by atoms with Crippen LogP contribution < -0.4 is 4.90 Å². The summed E-state index contributed by atoms with van der Waals surface area (Å²) >= 11 is 0. The largest absolute Gasteiger partial charge is 0.378 e. The summed E-state index contributed by atoms with van der Waals surface area (Å²) in [4.78, 5) is 31.8. The van der Waals surface area contributed by atoms with Crippen LogP contribution in [-0.4, -0.2) is 43.8 Å². The highest BCUT2D eigenvalue weighted by molar-refractivity contribution is 6.45. The standard InChI is InChI=1S/C21H22N2O4/c1-2-19(22-27-21(25)17-6-4-3-5-7-17)20(24)16-8-10-18(11-9-16)23-12-14-26-15-13-23/h3-11H,2,12-15H2,1H3/b22-19+. The van der Waals surface area contributed by atoms with Gasteiger partial charge in [0.15, 0.2) is 0 Å². The third-order valence-electron chi connectivity index (χ3n) is 4.35. The molecule has 1 fully saturated rings. The highest BCUT2D eigenvalue weighted by Crippen LogP contribution is 2.17. The van der Waals surface area contributed by atoms with Crippen LogP contribution in [0.25, 0.3) is 0 Å². The van der Waals surface area contributed by atoms with Crippen molar-refractivity contribution in [2.24, 2.45) is 5.16 Å². The monoisotopic (exact) mass is 366 g/mol. The van der Waals surface area contributed by atoms with Gasteiger partial charge in [0.1, 0.15) is 5.71 Å². The van der Waals surface area contributed by atoms with Crippen molar-refractivity contribution >= 4 is 23.2 Å². The number of ketones is 1. The second-order valence-corrected chi connectivity index (χ2v) is 6.11. The second kappa shape index (κ2) is 9.09. The van der Waals surface area contributed by atoms with Crippen LogP contribution in [0.2, 0.25) is 0 Å². The van der Waals surface area contributed by atoms with Gasteiger partial charge in [-0.3, -0.25) is 4.79 Å². The van der Waals surface area contributed by atoms with E-state index in [-0.39, 0.29) is 11.5 Å². The summed E-state index contributed by atoms with van der Waals surface area (Å²) in [6.45, 7) is 4.89. The Morgan fingerprint density at radius 2 is 1.67 bits per heavy atom. The number of carbonyl (C=O) groups is 2. The molecule has 0 bridgehead atoms. The lowest BCUT2D eigenvalue weighted by atomic mass is 10.0. The van der Waals surface area contributed by atoms with Crippen molar-refractivity contribution in [1.82, 2.24) is 0 Å². The van der Waals surface area contributed by atoms with E-state index < -0.39 is 5.97 Å². The van der Waals surface area contributed by atoms with Crippen molar-refractivity contribution in [2.75, 3.05) is 31.2 Å². The van der Waals surface area contributed by atoms with Crippen molar-refractivity contribution in [1.29, 1.82) is 0 Å². The number of rotatable bonds is 6. The molecule has 0 radical (unpaired) electrons. The Hall–Kier alpha value is -2.99. The molecule has 6 nitrogen and oxygen atoms in total. The zero-order valence-corrected chi connectivity index (χ0v) is 15.3. The fourth-order valence-corrected chi connectivity index (χ4v) is 2.80. The van der Waals surface area contributed by atoms with Gasteiger partial charge in [-0.25, -0.2) is 4.79 Å². The van der Waals surface area contributed by atoms with Crippen molar-refractivity contribution in [3.63, 3.8) is 0 Å². The summed E-state index contributed by atoms with van der Waals surface area (Å²) in [6.07, 6.45) is 0.367. The number of ether oxygens (including phenoxy) is 1. The smallest absolute Gasteiger partial charge is 0.365 e. The molecule has 1 aliphatic rings. The molecule has 0 aromatic heterocycles. The van der Waals surface area contributed by atoms with Crippen LogP contribution in [0.5, 0.6) is 0 Å². The quantitative estimate of drug-likeness (QED) is 0.339. The first-order chi connectivity index (χ1) is 13.2. The molecule has 0 N–H and O–H groups in total. The van der Waals surface area contributed by atoms with Crippen LogP contribution >= 0.6 is 0 Å². The molecule has 2 aromatic carbocycles. The Bertz CT molecular complexity index is 810. The van der Waals surface area contributed by atoms with Crippen LogP contribution in [0.1, 0.15) is 34.1 Å². The molecule has 3 rings (SSSR count). The predicted molar refractivity (Wildman–Crippen MR) is 103 cm³/mol. The fourth-order valence-electron chi connectivity index (χ4n) is 2.80. The van der Waals surface area contributed by atoms with E-state index in [9.17, 15) is 9.59 Å². The first kappa shape index (κ1) is 18.8. The maximum atomic E-state index is 12.7. The molecule has 0 saturated carbocycles. The second-order valence-electron chi connectivity index (χ2n) is 6.11. The summed E-state index contributed by atoms with van der Waals surface area (Å²) in [5, 5.41) is 3.80. The van der Waals surface area contributed by atoms with E-state index in [1.807, 2.05) is 18.2 Å². The molecule has 0 atom stereocenters. The summed E-state index contributed by atoms with van der Waals surface area (Å²) in [5.41, 5.74) is 2.17. The Labute approximate surface area is 158 Å². The van der Waals surface area contributed by atoms with E-state index in [1.165, 1.54) is 0 Å². The van der Waals surface area contributed by atoms with Crippen LogP contribution in [-0.2, 0) is 9.57 Å². The molecule has 27 heavy (non-hydrogen) atoms. The lowest BCUT2D eigenvalue weighted by molar-refractivity contribution is 0.0515. The zero-order valence-electron chi connectivity index (χ0n) is 15.3. The van der Waals surface area contributed by atoms with Gasteiger partial charge in [-0.15, -0.1) is 0 Å². The van der Waals surface area contributed by atoms with Crippen LogP contribution in [0.3, 0.4) is 0 Å². The Kier molecular flexibility index (Phi) is 6.33. The predicted octanol–water partition coefficient (Wildman–Crippen LogP) is 3.33. The zero-order chi connectivity index (χ0) is 19.1. The van der Waals surface area contributed by atoms with E-state index in [4.69, 9.17) is 9.57 Å². The minimum absolute atomic E-state index is 0.207. The minimum atomic E-state index is -0.586. The van der Waals surface area contributed by atoms with Gasteiger partial charge < -0.3 is 14.5 Å². The maximum Gasteiger partial charge on any atom is 0.365 e. The van der Waals surface area contributed by atoms with Gasteiger partial charge in [-0.2, -0.15) is 0 Å². The first-order valence-corrected chi connectivity index (χ1v) is 8.99. The van der Waals surface area contributed by atoms with Crippen LogP contribution in [0.4, 0.5) is 5.69 Å². The molecule has 0 aliphatic carbocycles. The number of benzene rings is 2. The van der Waals surface area contributed by atoms with Crippen LogP contribution in [0.15, 0.2) is 59.8 Å². The molecule has 1 heterocycles. The molecule has 1 saturated heterocycles. The number of oxime groups is 1. The lowest BCUT2D eigenvalue weighted by Gasteiger charge is -2.28. The van der Waals surface area contributed by atoms with E-state index >= 15 is 0 Å². The number of hydrogen-bond acceptors (Lipinski definition) is 6. The van der Waals surface area contributed by atoms with Gasteiger partial charge in [-0.05, 0) is 42.8 Å². The topological polar surface area (TPSA) is 68.2 Å². The van der Waals surface area contributed by atoms with Crippen molar-refractivity contribution in [3.05, 3.63) is 65.7 Å². The number of nitrogens with zero attached hydrogens (tertiary/aromatic N) is 2. The SMILES string of the molecule is CC/C(=N\OC(=O)c1ccccc1)C(=O)c1ccc(N2CCOCC2)cc1. The average molecular weight is 366 g/mol. The van der Waals surface area contributed by atoms with E-state index in [0.717, 1.165) is 18.8 Å². The number of hydrogen-bond donors (Lipinski definition) is 0. The van der Waals surface area contributed by atoms with Crippen LogP contribution in [0, 0.1) is 0 Å².